The van der Waals surface area contributed by atoms with Crippen LogP contribution >= 0.6 is 0 Å². The molecule has 0 amide bonds. The maximum absolute atomic E-state index is 14.0. The average Bonchev–Trinajstić information content (AvgIpc) is 3.24. The molecular weight excluding hydrogens is 419 g/mol. The molecule has 1 heterocycles. The largest absolute Gasteiger partial charge is 0.382 e. The van der Waals surface area contributed by atoms with Crippen molar-refractivity contribution in [2.24, 2.45) is 0 Å². The monoisotopic (exact) mass is 444 g/mol. The normalized spacial score (nSPS) is 15.2. The Morgan fingerprint density at radius 1 is 1.13 bits per heavy atom. The molecule has 1 aliphatic carbocycles. The maximum atomic E-state index is 14.0. The Morgan fingerprint density at radius 2 is 1.90 bits per heavy atom. The molecule has 1 aliphatic rings. The van der Waals surface area contributed by atoms with Crippen LogP contribution in [0.3, 0.4) is 0 Å². The topological polar surface area (TPSA) is 102 Å². The lowest BCUT2D eigenvalue weighted by molar-refractivity contribution is 0.463. The van der Waals surface area contributed by atoms with Gasteiger partial charge in [0.2, 0.25) is 15.8 Å². The number of hydrogen-bond donors (Lipinski definition) is 2. The van der Waals surface area contributed by atoms with Crippen molar-refractivity contribution in [3.05, 3.63) is 53.8 Å². The van der Waals surface area contributed by atoms with Crippen molar-refractivity contribution in [3.63, 3.8) is 0 Å². The average molecular weight is 445 g/mol. The minimum absolute atomic E-state index is 0.115. The van der Waals surface area contributed by atoms with Gasteiger partial charge >= 0.3 is 0 Å². The summed E-state index contributed by atoms with van der Waals surface area (Å²) < 4.78 is 41.0. The highest BCUT2D eigenvalue weighted by Crippen LogP contribution is 2.31. The number of aromatic nitrogens is 4. The molecule has 1 aromatic heterocycles. The van der Waals surface area contributed by atoms with E-state index in [1.54, 1.807) is 36.4 Å². The van der Waals surface area contributed by atoms with Crippen molar-refractivity contribution in [3.8, 4) is 11.4 Å². The molecule has 0 bridgehead atoms. The molecule has 0 atom stereocenters. The Hall–Kier alpha value is -2.85. The van der Waals surface area contributed by atoms with Crippen LogP contribution in [0.1, 0.15) is 37.7 Å². The van der Waals surface area contributed by atoms with Crippen LogP contribution in [0.4, 0.5) is 10.1 Å². The lowest BCUT2D eigenvalue weighted by atomic mass is 9.95. The Bertz CT molecular complexity index is 1160. The molecule has 2 aromatic carbocycles. The van der Waals surface area contributed by atoms with E-state index in [2.05, 4.69) is 25.4 Å². The molecule has 1 saturated carbocycles. The summed E-state index contributed by atoms with van der Waals surface area (Å²) in [7, 11) is -2.27. The molecule has 1 fully saturated rings. The molecule has 0 spiro atoms. The van der Waals surface area contributed by atoms with E-state index in [1.165, 1.54) is 24.3 Å². The van der Waals surface area contributed by atoms with Crippen LogP contribution < -0.4 is 10.0 Å². The minimum Gasteiger partial charge on any atom is -0.382 e. The van der Waals surface area contributed by atoms with Crippen LogP contribution in [0.25, 0.3) is 11.4 Å². The molecule has 31 heavy (non-hydrogen) atoms. The standard InChI is InChI=1S/C21H25FN6O2S/c1-23-31(29,30)17-11-12-20(24-16-8-3-2-4-9-16)18(13-17)21-25-27-28(26-21)14-15-7-5-6-10-19(15)22/h5-7,10-13,16,23-24H,2-4,8-9,14H2,1H3. The predicted molar refractivity (Wildman–Crippen MR) is 115 cm³/mol. The predicted octanol–water partition coefficient (Wildman–Crippen LogP) is 3.18. The third-order valence-electron chi connectivity index (χ3n) is 5.50. The van der Waals surface area contributed by atoms with Crippen molar-refractivity contribution in [2.75, 3.05) is 12.4 Å². The van der Waals surface area contributed by atoms with E-state index in [-0.39, 0.29) is 23.1 Å². The van der Waals surface area contributed by atoms with Gasteiger partial charge in [0.25, 0.3) is 0 Å². The Balaban J connectivity index is 1.68. The van der Waals surface area contributed by atoms with Crippen molar-refractivity contribution >= 4 is 15.7 Å². The Kier molecular flexibility index (Phi) is 6.28. The smallest absolute Gasteiger partial charge is 0.240 e. The van der Waals surface area contributed by atoms with Gasteiger partial charge in [-0.05, 0) is 49.4 Å². The van der Waals surface area contributed by atoms with Gasteiger partial charge in [-0.1, -0.05) is 37.5 Å². The molecular formula is C21H25FN6O2S. The zero-order valence-electron chi connectivity index (χ0n) is 17.3. The fraction of sp³-hybridized carbons (Fsp3) is 0.381. The van der Waals surface area contributed by atoms with E-state index in [0.717, 1.165) is 31.4 Å². The fourth-order valence-corrected chi connectivity index (χ4v) is 4.54. The number of tetrazole rings is 1. The minimum atomic E-state index is -3.64. The molecule has 4 rings (SSSR count). The van der Waals surface area contributed by atoms with Gasteiger partial charge in [0.1, 0.15) is 5.82 Å². The van der Waals surface area contributed by atoms with E-state index in [9.17, 15) is 12.8 Å². The summed E-state index contributed by atoms with van der Waals surface area (Å²) in [6, 6.07) is 11.6. The molecule has 0 unspecified atom stereocenters. The van der Waals surface area contributed by atoms with E-state index < -0.39 is 10.0 Å². The van der Waals surface area contributed by atoms with Crippen LogP contribution in [-0.2, 0) is 16.6 Å². The van der Waals surface area contributed by atoms with Gasteiger partial charge in [0.15, 0.2) is 0 Å². The molecule has 0 aliphatic heterocycles. The highest BCUT2D eigenvalue weighted by Gasteiger charge is 2.21. The molecule has 3 aromatic rings. The second kappa shape index (κ2) is 9.11. The third kappa shape index (κ3) is 4.91. The fourth-order valence-electron chi connectivity index (χ4n) is 3.78. The second-order valence-corrected chi connectivity index (χ2v) is 9.52. The maximum Gasteiger partial charge on any atom is 0.240 e. The number of anilines is 1. The molecule has 0 radical (unpaired) electrons. The number of nitrogens with zero attached hydrogens (tertiary/aromatic N) is 4. The van der Waals surface area contributed by atoms with E-state index in [1.807, 2.05) is 0 Å². The van der Waals surface area contributed by atoms with Gasteiger partial charge in [-0.2, -0.15) is 4.80 Å². The van der Waals surface area contributed by atoms with Gasteiger partial charge < -0.3 is 5.32 Å². The zero-order chi connectivity index (χ0) is 21.8. The quantitative estimate of drug-likeness (QED) is 0.580. The molecule has 164 valence electrons. The van der Waals surface area contributed by atoms with Crippen LogP contribution in [0.5, 0.6) is 0 Å². The highest BCUT2D eigenvalue weighted by atomic mass is 32.2. The van der Waals surface area contributed by atoms with Crippen LogP contribution in [0.2, 0.25) is 0 Å². The molecule has 8 nitrogen and oxygen atoms in total. The summed E-state index contributed by atoms with van der Waals surface area (Å²) >= 11 is 0. The second-order valence-electron chi connectivity index (χ2n) is 7.63. The Labute approximate surface area is 180 Å². The van der Waals surface area contributed by atoms with Crippen molar-refractivity contribution in [1.29, 1.82) is 0 Å². The van der Waals surface area contributed by atoms with Crippen molar-refractivity contribution in [2.45, 2.75) is 49.6 Å². The Morgan fingerprint density at radius 3 is 2.65 bits per heavy atom. The van der Waals surface area contributed by atoms with E-state index in [0.29, 0.717) is 17.2 Å². The molecule has 0 saturated heterocycles. The van der Waals surface area contributed by atoms with Crippen molar-refractivity contribution < 1.29 is 12.8 Å². The molecule has 10 heteroatoms. The number of benzene rings is 2. The lowest BCUT2D eigenvalue weighted by Gasteiger charge is -2.25. The third-order valence-corrected chi connectivity index (χ3v) is 6.91. The van der Waals surface area contributed by atoms with Crippen molar-refractivity contribution in [1.82, 2.24) is 24.9 Å². The molecule has 2 N–H and O–H groups in total. The summed E-state index contributed by atoms with van der Waals surface area (Å²) in [6.45, 7) is 0.125. The summed E-state index contributed by atoms with van der Waals surface area (Å²) in [5.74, 6) is -0.0640. The number of nitrogens with one attached hydrogen (secondary N) is 2. The number of sulfonamides is 1. The number of halogens is 1. The van der Waals surface area contributed by atoms with Gasteiger partial charge in [0.05, 0.1) is 11.4 Å². The van der Waals surface area contributed by atoms with Crippen LogP contribution in [0.15, 0.2) is 47.4 Å². The summed E-state index contributed by atoms with van der Waals surface area (Å²) in [6.07, 6.45) is 5.68. The van der Waals surface area contributed by atoms with Crippen LogP contribution in [-0.4, -0.2) is 41.7 Å². The van der Waals surface area contributed by atoms with Gasteiger partial charge in [-0.3, -0.25) is 0 Å². The van der Waals surface area contributed by atoms with E-state index >= 15 is 0 Å². The number of hydrogen-bond acceptors (Lipinski definition) is 6. The SMILES string of the molecule is CNS(=O)(=O)c1ccc(NC2CCCCC2)c(-c2nnn(Cc3ccccc3F)n2)c1. The summed E-state index contributed by atoms with van der Waals surface area (Å²) in [5, 5.41) is 16.1. The lowest BCUT2D eigenvalue weighted by Crippen LogP contribution is -2.23. The highest BCUT2D eigenvalue weighted by molar-refractivity contribution is 7.89. The zero-order valence-corrected chi connectivity index (χ0v) is 18.1. The van der Waals surface area contributed by atoms with E-state index in [4.69, 9.17) is 0 Å². The van der Waals surface area contributed by atoms with Gasteiger partial charge in [-0.15, -0.1) is 10.2 Å². The first-order valence-corrected chi connectivity index (χ1v) is 11.8. The van der Waals surface area contributed by atoms with Gasteiger partial charge in [-0.25, -0.2) is 17.5 Å². The number of rotatable bonds is 7. The van der Waals surface area contributed by atoms with Crippen LogP contribution in [0, 0.1) is 5.82 Å². The first kappa shape index (κ1) is 21.4. The first-order valence-electron chi connectivity index (χ1n) is 10.3. The summed E-state index contributed by atoms with van der Waals surface area (Å²) in [4.78, 5) is 1.42. The summed E-state index contributed by atoms with van der Waals surface area (Å²) in [5.41, 5.74) is 1.74. The van der Waals surface area contributed by atoms with Gasteiger partial charge in [0, 0.05) is 22.9 Å². The first-order chi connectivity index (χ1) is 15.0.